The molecule has 0 fully saturated rings. The average Bonchev–Trinajstić information content (AvgIpc) is 2.42. The van der Waals surface area contributed by atoms with Gasteiger partial charge >= 0.3 is 0 Å². The maximum Gasteiger partial charge on any atom is 0.216 e. The van der Waals surface area contributed by atoms with Gasteiger partial charge in [-0.3, -0.25) is 0 Å². The SMILES string of the molecule is COc1ccc(C=[N+]([O-])c2ccccc2)c(F)c1. The molecule has 0 aliphatic heterocycles. The molecule has 18 heavy (non-hydrogen) atoms. The molecule has 0 atom stereocenters. The van der Waals surface area contributed by atoms with Gasteiger partial charge in [-0.15, -0.1) is 0 Å². The van der Waals surface area contributed by atoms with Crippen molar-refractivity contribution in [2.75, 3.05) is 7.11 Å². The second-order valence-electron chi connectivity index (χ2n) is 3.68. The molecule has 0 heterocycles. The van der Waals surface area contributed by atoms with Gasteiger partial charge in [-0.1, -0.05) is 18.2 Å². The van der Waals surface area contributed by atoms with Crippen LogP contribution in [0.3, 0.4) is 0 Å². The molecular weight excluding hydrogens is 233 g/mol. The molecular formula is C14H12FNO2. The summed E-state index contributed by atoms with van der Waals surface area (Å²) < 4.78 is 19.2. The normalized spacial score (nSPS) is 11.3. The Bertz CT molecular complexity index is 567. The van der Waals surface area contributed by atoms with E-state index >= 15 is 0 Å². The number of ether oxygens (including phenoxy) is 1. The Kier molecular flexibility index (Phi) is 3.57. The topological polar surface area (TPSA) is 35.3 Å². The van der Waals surface area contributed by atoms with Gasteiger partial charge in [0.2, 0.25) is 5.69 Å². The van der Waals surface area contributed by atoms with E-state index in [1.165, 1.54) is 25.5 Å². The zero-order valence-electron chi connectivity index (χ0n) is 9.84. The van der Waals surface area contributed by atoms with Crippen molar-refractivity contribution < 1.29 is 13.9 Å². The van der Waals surface area contributed by atoms with Crippen LogP contribution in [0.5, 0.6) is 5.75 Å². The minimum Gasteiger partial charge on any atom is -0.618 e. The Labute approximate surface area is 104 Å². The highest BCUT2D eigenvalue weighted by Crippen LogP contribution is 2.16. The van der Waals surface area contributed by atoms with Crippen molar-refractivity contribution in [2.45, 2.75) is 0 Å². The lowest BCUT2D eigenvalue weighted by atomic mass is 10.2. The summed E-state index contributed by atoms with van der Waals surface area (Å²) >= 11 is 0. The Morgan fingerprint density at radius 2 is 1.89 bits per heavy atom. The number of para-hydroxylation sites is 1. The molecule has 2 rings (SSSR count). The molecule has 4 heteroatoms. The summed E-state index contributed by atoms with van der Waals surface area (Å²) in [5, 5.41) is 11.8. The summed E-state index contributed by atoms with van der Waals surface area (Å²) in [6, 6.07) is 13.0. The van der Waals surface area contributed by atoms with E-state index in [-0.39, 0.29) is 5.56 Å². The van der Waals surface area contributed by atoms with E-state index in [4.69, 9.17) is 4.74 Å². The number of nitrogens with zero attached hydrogens (tertiary/aromatic N) is 1. The van der Waals surface area contributed by atoms with Crippen LogP contribution < -0.4 is 4.74 Å². The fourth-order valence-electron chi connectivity index (χ4n) is 1.52. The maximum absolute atomic E-state index is 13.6. The smallest absolute Gasteiger partial charge is 0.216 e. The van der Waals surface area contributed by atoms with E-state index in [0.29, 0.717) is 16.2 Å². The summed E-state index contributed by atoms with van der Waals surface area (Å²) in [5.74, 6) is -0.0760. The van der Waals surface area contributed by atoms with Crippen molar-refractivity contribution in [1.82, 2.24) is 0 Å². The quantitative estimate of drug-likeness (QED) is 0.360. The largest absolute Gasteiger partial charge is 0.618 e. The van der Waals surface area contributed by atoms with Crippen LogP contribution in [0.2, 0.25) is 0 Å². The number of methoxy groups -OCH3 is 1. The molecule has 0 spiro atoms. The van der Waals surface area contributed by atoms with E-state index < -0.39 is 5.82 Å². The van der Waals surface area contributed by atoms with Crippen LogP contribution in [0.1, 0.15) is 5.56 Å². The van der Waals surface area contributed by atoms with Gasteiger partial charge in [0.25, 0.3) is 0 Å². The molecule has 0 radical (unpaired) electrons. The lowest BCUT2D eigenvalue weighted by Crippen LogP contribution is -2.01. The van der Waals surface area contributed by atoms with E-state index in [9.17, 15) is 9.60 Å². The lowest BCUT2D eigenvalue weighted by Gasteiger charge is -2.04. The second-order valence-corrected chi connectivity index (χ2v) is 3.68. The van der Waals surface area contributed by atoms with Crippen LogP contribution in [0.15, 0.2) is 48.5 Å². The van der Waals surface area contributed by atoms with Gasteiger partial charge < -0.3 is 9.94 Å². The molecule has 0 amide bonds. The summed E-state index contributed by atoms with van der Waals surface area (Å²) in [6.07, 6.45) is 1.20. The second kappa shape index (κ2) is 5.31. The molecule has 0 unspecified atom stereocenters. The molecule has 0 aliphatic rings. The third-order valence-corrected chi connectivity index (χ3v) is 2.47. The molecule has 0 N–H and O–H groups in total. The summed E-state index contributed by atoms with van der Waals surface area (Å²) in [5.41, 5.74) is 0.669. The predicted octanol–water partition coefficient (Wildman–Crippen LogP) is 3.10. The Hall–Kier alpha value is -2.36. The third kappa shape index (κ3) is 2.66. The molecule has 0 saturated carbocycles. The molecule has 92 valence electrons. The van der Waals surface area contributed by atoms with Crippen molar-refractivity contribution in [1.29, 1.82) is 0 Å². The highest BCUT2D eigenvalue weighted by molar-refractivity contribution is 5.77. The van der Waals surface area contributed by atoms with Gasteiger partial charge in [-0.25, -0.2) is 4.39 Å². The van der Waals surface area contributed by atoms with Crippen LogP contribution in [-0.2, 0) is 0 Å². The van der Waals surface area contributed by atoms with Crippen LogP contribution in [-0.4, -0.2) is 18.1 Å². The van der Waals surface area contributed by atoms with E-state index in [0.717, 1.165) is 0 Å². The number of benzene rings is 2. The number of rotatable bonds is 3. The van der Waals surface area contributed by atoms with Gasteiger partial charge in [-0.05, 0) is 12.1 Å². The Morgan fingerprint density at radius 3 is 2.50 bits per heavy atom. The van der Waals surface area contributed by atoms with Gasteiger partial charge in [0.1, 0.15) is 11.6 Å². The van der Waals surface area contributed by atoms with Gasteiger partial charge in [-0.2, -0.15) is 4.74 Å². The lowest BCUT2D eigenvalue weighted by molar-refractivity contribution is -0.354. The first-order valence-electron chi connectivity index (χ1n) is 5.40. The van der Waals surface area contributed by atoms with Crippen molar-refractivity contribution >= 4 is 11.9 Å². The summed E-state index contributed by atoms with van der Waals surface area (Å²) in [4.78, 5) is 0. The molecule has 2 aromatic rings. The predicted molar refractivity (Wildman–Crippen MR) is 67.8 cm³/mol. The summed E-state index contributed by atoms with van der Waals surface area (Å²) in [7, 11) is 1.46. The van der Waals surface area contributed by atoms with Gasteiger partial charge in [0, 0.05) is 18.2 Å². The van der Waals surface area contributed by atoms with Crippen molar-refractivity contribution in [3.8, 4) is 5.75 Å². The van der Waals surface area contributed by atoms with Gasteiger partial charge in [0.15, 0.2) is 6.21 Å². The fraction of sp³-hybridized carbons (Fsp3) is 0.0714. The molecule has 0 aromatic heterocycles. The number of hydrogen-bond donors (Lipinski definition) is 0. The standard InChI is InChI=1S/C14H12FNO2/c1-18-13-8-7-11(14(15)9-13)10-16(17)12-5-3-2-4-6-12/h2-10H,1H3. The van der Waals surface area contributed by atoms with Crippen molar-refractivity contribution in [3.63, 3.8) is 0 Å². The summed E-state index contributed by atoms with van der Waals surface area (Å²) in [6.45, 7) is 0. The first-order chi connectivity index (χ1) is 8.70. The molecule has 2 aromatic carbocycles. The Morgan fingerprint density at radius 1 is 1.17 bits per heavy atom. The Balaban J connectivity index is 2.33. The zero-order valence-corrected chi connectivity index (χ0v) is 9.84. The van der Waals surface area contributed by atoms with Gasteiger partial charge in [0.05, 0.1) is 12.7 Å². The van der Waals surface area contributed by atoms with Crippen LogP contribution >= 0.6 is 0 Å². The monoisotopic (exact) mass is 245 g/mol. The fourth-order valence-corrected chi connectivity index (χ4v) is 1.52. The maximum atomic E-state index is 13.6. The van der Waals surface area contributed by atoms with Crippen LogP contribution in [0.25, 0.3) is 0 Å². The molecule has 0 saturated heterocycles. The van der Waals surface area contributed by atoms with E-state index in [2.05, 4.69) is 0 Å². The average molecular weight is 245 g/mol. The molecule has 0 bridgehead atoms. The van der Waals surface area contributed by atoms with Crippen LogP contribution in [0.4, 0.5) is 10.1 Å². The highest BCUT2D eigenvalue weighted by Gasteiger charge is 2.06. The van der Waals surface area contributed by atoms with Crippen molar-refractivity contribution in [2.24, 2.45) is 0 Å². The minimum atomic E-state index is -0.494. The third-order valence-electron chi connectivity index (χ3n) is 2.47. The van der Waals surface area contributed by atoms with Crippen LogP contribution in [0, 0.1) is 11.0 Å². The van der Waals surface area contributed by atoms with E-state index in [1.807, 2.05) is 6.07 Å². The first-order valence-corrected chi connectivity index (χ1v) is 5.40. The minimum absolute atomic E-state index is 0.217. The van der Waals surface area contributed by atoms with E-state index in [1.54, 1.807) is 30.3 Å². The molecule has 0 aliphatic carbocycles. The zero-order chi connectivity index (χ0) is 13.0. The first kappa shape index (κ1) is 12.1. The molecule has 3 nitrogen and oxygen atoms in total. The van der Waals surface area contributed by atoms with Crippen molar-refractivity contribution in [3.05, 3.63) is 65.1 Å². The number of halogens is 1. The highest BCUT2D eigenvalue weighted by atomic mass is 19.1. The number of hydrogen-bond acceptors (Lipinski definition) is 2.